The van der Waals surface area contributed by atoms with Gasteiger partial charge in [0, 0.05) is 17.2 Å². The van der Waals surface area contributed by atoms with Crippen LogP contribution in [0.2, 0.25) is 0 Å². The van der Waals surface area contributed by atoms with Crippen molar-refractivity contribution < 1.29 is 14.3 Å². The maximum Gasteiger partial charge on any atom is 0.329 e. The van der Waals surface area contributed by atoms with E-state index in [1.807, 2.05) is 91.6 Å². The summed E-state index contributed by atoms with van der Waals surface area (Å²) in [4.78, 5) is 29.8. The lowest BCUT2D eigenvalue weighted by atomic mass is 9.67. The topological polar surface area (TPSA) is 70.4 Å². The smallest absolute Gasteiger partial charge is 0.329 e. The first-order valence-electron chi connectivity index (χ1n) is 11.7. The molecule has 5 nitrogen and oxygen atoms in total. The van der Waals surface area contributed by atoms with Gasteiger partial charge in [0.15, 0.2) is 11.2 Å². The number of benzene rings is 3. The Hall–Kier alpha value is -4.17. The van der Waals surface area contributed by atoms with Crippen LogP contribution in [0.1, 0.15) is 38.5 Å². The van der Waals surface area contributed by atoms with Gasteiger partial charge in [-0.1, -0.05) is 84.4 Å². The molecule has 3 aromatic carbocycles. The van der Waals surface area contributed by atoms with Gasteiger partial charge in [-0.05, 0) is 36.6 Å². The Balaban J connectivity index is 1.84. The van der Waals surface area contributed by atoms with Crippen LogP contribution in [0.3, 0.4) is 0 Å². The number of anilines is 1. The van der Waals surface area contributed by atoms with E-state index >= 15 is 0 Å². The highest BCUT2D eigenvalue weighted by atomic mass is 16.5. The Bertz CT molecular complexity index is 1390. The van der Waals surface area contributed by atoms with Crippen LogP contribution in [0, 0.1) is 30.6 Å². The molecule has 174 valence electrons. The summed E-state index contributed by atoms with van der Waals surface area (Å²) >= 11 is 0. The number of hydrogen-bond acceptors (Lipinski definition) is 5. The number of rotatable bonds is 4. The quantitative estimate of drug-likeness (QED) is 0.392. The van der Waals surface area contributed by atoms with Crippen LogP contribution in [-0.2, 0) is 9.53 Å². The number of Topliss-reactive ketones (excluding diaryl/α,β-unsaturated/α-hetero) is 1. The molecule has 35 heavy (non-hydrogen) atoms. The number of para-hydroxylation sites is 1. The Labute approximate surface area is 205 Å². The molecule has 2 aliphatic heterocycles. The second-order valence-electron chi connectivity index (χ2n) is 9.26. The number of fused-ring (bicyclic) bond motifs is 3. The predicted molar refractivity (Wildman–Crippen MR) is 135 cm³/mol. The Morgan fingerprint density at radius 1 is 1.00 bits per heavy atom. The Morgan fingerprint density at radius 3 is 2.40 bits per heavy atom. The molecule has 3 aromatic rings. The SMILES string of the molecule is COC(=O)[C@]1(C#N)[C@H](c2ccc(C)cc2C)[C@@H](C(=O)c2ccccc2)N2c3ccccc3C=C[C@H]21. The third-order valence-corrected chi connectivity index (χ3v) is 7.34. The van der Waals surface area contributed by atoms with Gasteiger partial charge in [-0.2, -0.15) is 5.26 Å². The van der Waals surface area contributed by atoms with Gasteiger partial charge in [0.1, 0.15) is 6.04 Å². The van der Waals surface area contributed by atoms with Crippen molar-refractivity contribution >= 4 is 23.5 Å². The maximum atomic E-state index is 14.3. The fourth-order valence-electron chi connectivity index (χ4n) is 5.83. The molecule has 0 radical (unpaired) electrons. The van der Waals surface area contributed by atoms with Gasteiger partial charge in [0.25, 0.3) is 0 Å². The fraction of sp³-hybridized carbons (Fsp3) is 0.233. The highest BCUT2D eigenvalue weighted by Crippen LogP contribution is 2.56. The van der Waals surface area contributed by atoms with E-state index < -0.39 is 29.4 Å². The molecule has 2 aliphatic rings. The molecule has 1 fully saturated rings. The lowest BCUT2D eigenvalue weighted by Gasteiger charge is -2.36. The first kappa shape index (κ1) is 22.6. The number of hydrogen-bond donors (Lipinski definition) is 0. The maximum absolute atomic E-state index is 14.3. The standard InChI is InChI=1S/C30H26N2O3/c1-19-13-15-23(20(2)17-19)26-27(28(33)22-10-5-4-6-11-22)32-24-12-8-7-9-21(24)14-16-25(32)30(26,18-31)29(34)35-3/h4-17,25-27H,1-3H3/t25-,26+,27-,30-/m0/s1. The molecule has 0 bridgehead atoms. The number of esters is 1. The third kappa shape index (κ3) is 3.29. The van der Waals surface area contributed by atoms with Gasteiger partial charge >= 0.3 is 5.97 Å². The monoisotopic (exact) mass is 462 g/mol. The van der Waals surface area contributed by atoms with Crippen molar-refractivity contribution in [3.8, 4) is 6.07 Å². The zero-order valence-corrected chi connectivity index (χ0v) is 19.9. The second kappa shape index (κ2) is 8.56. The summed E-state index contributed by atoms with van der Waals surface area (Å²) in [5, 5.41) is 10.7. The average Bonchev–Trinajstić information content (AvgIpc) is 3.19. The third-order valence-electron chi connectivity index (χ3n) is 7.34. The zero-order chi connectivity index (χ0) is 24.7. The summed E-state index contributed by atoms with van der Waals surface area (Å²) in [7, 11) is 1.30. The number of nitriles is 1. The van der Waals surface area contributed by atoms with Crippen molar-refractivity contribution in [1.29, 1.82) is 5.26 Å². The number of nitrogens with zero attached hydrogens (tertiary/aromatic N) is 2. The number of methoxy groups -OCH3 is 1. The molecular formula is C30H26N2O3. The highest BCUT2D eigenvalue weighted by molar-refractivity contribution is 6.06. The van der Waals surface area contributed by atoms with Gasteiger partial charge < -0.3 is 9.64 Å². The van der Waals surface area contributed by atoms with Gasteiger partial charge in [-0.15, -0.1) is 0 Å². The van der Waals surface area contributed by atoms with E-state index in [2.05, 4.69) is 6.07 Å². The molecule has 5 heteroatoms. The molecule has 0 amide bonds. The lowest BCUT2D eigenvalue weighted by molar-refractivity contribution is -0.150. The fourth-order valence-corrected chi connectivity index (χ4v) is 5.83. The first-order chi connectivity index (χ1) is 16.9. The van der Waals surface area contributed by atoms with Crippen molar-refractivity contribution in [2.45, 2.75) is 31.8 Å². The van der Waals surface area contributed by atoms with Gasteiger partial charge in [-0.25, -0.2) is 0 Å². The second-order valence-corrected chi connectivity index (χ2v) is 9.26. The van der Waals surface area contributed by atoms with E-state index in [0.717, 1.165) is 27.9 Å². The predicted octanol–water partition coefficient (Wildman–Crippen LogP) is 5.24. The van der Waals surface area contributed by atoms with E-state index in [0.29, 0.717) is 5.56 Å². The molecule has 4 atom stereocenters. The number of carbonyl (C=O) groups excluding carboxylic acids is 2. The van der Waals surface area contributed by atoms with E-state index in [4.69, 9.17) is 4.74 Å². The highest BCUT2D eigenvalue weighted by Gasteiger charge is 2.67. The Kier molecular flexibility index (Phi) is 5.53. The Morgan fingerprint density at radius 2 is 1.71 bits per heavy atom. The number of ketones is 1. The van der Waals surface area contributed by atoms with Crippen molar-refractivity contribution in [2.24, 2.45) is 5.41 Å². The van der Waals surface area contributed by atoms with Gasteiger partial charge in [0.2, 0.25) is 0 Å². The minimum absolute atomic E-state index is 0.133. The number of ether oxygens (including phenoxy) is 1. The van der Waals surface area contributed by atoms with Crippen molar-refractivity contribution in [3.63, 3.8) is 0 Å². The van der Waals surface area contributed by atoms with Crippen molar-refractivity contribution in [2.75, 3.05) is 12.0 Å². The number of aryl methyl sites for hydroxylation is 2. The summed E-state index contributed by atoms with van der Waals surface area (Å²) in [6.45, 7) is 3.96. The molecule has 0 spiro atoms. The molecule has 0 unspecified atom stereocenters. The molecule has 0 saturated carbocycles. The molecule has 0 N–H and O–H groups in total. The largest absolute Gasteiger partial charge is 0.468 e. The zero-order valence-electron chi connectivity index (χ0n) is 19.9. The van der Waals surface area contributed by atoms with Crippen LogP contribution < -0.4 is 4.90 Å². The summed E-state index contributed by atoms with van der Waals surface area (Å²) in [6.07, 6.45) is 3.80. The average molecular weight is 463 g/mol. The van der Waals surface area contributed by atoms with E-state index in [-0.39, 0.29) is 5.78 Å². The summed E-state index contributed by atoms with van der Waals surface area (Å²) < 4.78 is 5.28. The molecule has 0 aliphatic carbocycles. The van der Waals surface area contributed by atoms with Crippen LogP contribution >= 0.6 is 0 Å². The van der Waals surface area contributed by atoms with Crippen LogP contribution in [-0.4, -0.2) is 30.9 Å². The van der Waals surface area contributed by atoms with Crippen LogP contribution in [0.25, 0.3) is 6.08 Å². The minimum Gasteiger partial charge on any atom is -0.468 e. The summed E-state index contributed by atoms with van der Waals surface area (Å²) in [6, 6.07) is 23.7. The molecule has 1 saturated heterocycles. The minimum atomic E-state index is -1.62. The molecule has 5 rings (SSSR count). The van der Waals surface area contributed by atoms with Crippen molar-refractivity contribution in [1.82, 2.24) is 0 Å². The first-order valence-corrected chi connectivity index (χ1v) is 11.7. The van der Waals surface area contributed by atoms with E-state index in [1.165, 1.54) is 7.11 Å². The van der Waals surface area contributed by atoms with Gasteiger partial charge in [0.05, 0.1) is 19.2 Å². The van der Waals surface area contributed by atoms with Crippen LogP contribution in [0.15, 0.2) is 78.9 Å². The summed E-state index contributed by atoms with van der Waals surface area (Å²) in [5.74, 6) is -1.51. The van der Waals surface area contributed by atoms with Crippen LogP contribution in [0.5, 0.6) is 0 Å². The number of carbonyl (C=O) groups is 2. The van der Waals surface area contributed by atoms with E-state index in [1.54, 1.807) is 12.1 Å². The van der Waals surface area contributed by atoms with Gasteiger partial charge in [-0.3, -0.25) is 9.59 Å². The van der Waals surface area contributed by atoms with Crippen molar-refractivity contribution in [3.05, 3.63) is 107 Å². The molecule has 2 heterocycles. The molecular weight excluding hydrogens is 436 g/mol. The lowest BCUT2D eigenvalue weighted by Crippen LogP contribution is -2.46. The molecule has 0 aromatic heterocycles. The van der Waals surface area contributed by atoms with Crippen LogP contribution in [0.4, 0.5) is 5.69 Å². The summed E-state index contributed by atoms with van der Waals surface area (Å²) in [5.41, 5.74) is 3.49. The normalized spacial score (nSPS) is 24.3. The van der Waals surface area contributed by atoms with E-state index in [9.17, 15) is 14.9 Å².